The van der Waals surface area contributed by atoms with E-state index in [4.69, 9.17) is 0 Å². The fourth-order valence-corrected chi connectivity index (χ4v) is 1.99. The topological polar surface area (TPSA) is 48.9 Å². The molecule has 0 unspecified atom stereocenters. The molecule has 0 amide bonds. The van der Waals surface area contributed by atoms with Crippen LogP contribution in [0.5, 0.6) is 0 Å². The Bertz CT molecular complexity index is 628. The smallest absolute Gasteiger partial charge is 0.0703 e. The van der Waals surface area contributed by atoms with E-state index in [1.165, 1.54) is 0 Å². The molecule has 3 rings (SSSR count). The maximum absolute atomic E-state index is 9.26. The number of rotatable bonds is 1. The van der Waals surface area contributed by atoms with Crippen LogP contribution < -0.4 is 0 Å². The van der Waals surface area contributed by atoms with Gasteiger partial charge in [0.25, 0.3) is 0 Å². The van der Waals surface area contributed by atoms with E-state index in [1.54, 1.807) is 12.4 Å². The first-order chi connectivity index (χ1) is 7.40. The Hall–Kier alpha value is -1.87. The van der Waals surface area contributed by atoms with Crippen LogP contribution in [-0.4, -0.2) is 15.1 Å². The fourth-order valence-electron chi connectivity index (χ4n) is 1.99. The Balaban J connectivity index is 2.56. The Morgan fingerprint density at radius 1 is 1.13 bits per heavy atom. The molecule has 0 saturated heterocycles. The normalized spacial score (nSPS) is 11.3. The second kappa shape index (κ2) is 3.07. The lowest BCUT2D eigenvalue weighted by Gasteiger charge is -1.97. The minimum Gasteiger partial charge on any atom is -0.392 e. The molecule has 3 nitrogen and oxygen atoms in total. The SMILES string of the molecule is OCc1cncc2[nH]c3ccccc3c12. The van der Waals surface area contributed by atoms with Gasteiger partial charge in [0.05, 0.1) is 18.3 Å². The van der Waals surface area contributed by atoms with E-state index in [1.807, 2.05) is 24.3 Å². The van der Waals surface area contributed by atoms with Gasteiger partial charge >= 0.3 is 0 Å². The number of para-hydroxylation sites is 1. The summed E-state index contributed by atoms with van der Waals surface area (Å²) in [5, 5.41) is 11.5. The van der Waals surface area contributed by atoms with Gasteiger partial charge in [-0.3, -0.25) is 4.98 Å². The molecule has 15 heavy (non-hydrogen) atoms. The van der Waals surface area contributed by atoms with E-state index in [2.05, 4.69) is 9.97 Å². The summed E-state index contributed by atoms with van der Waals surface area (Å²) in [5.41, 5.74) is 2.92. The minimum atomic E-state index is 0.0200. The van der Waals surface area contributed by atoms with Crippen molar-refractivity contribution in [3.8, 4) is 0 Å². The lowest BCUT2D eigenvalue weighted by Crippen LogP contribution is -1.85. The standard InChI is InChI=1S/C12H10N2O/c15-7-8-5-13-6-11-12(8)9-3-1-2-4-10(9)14-11/h1-6,14-15H,7H2. The van der Waals surface area contributed by atoms with E-state index < -0.39 is 0 Å². The van der Waals surface area contributed by atoms with E-state index in [0.29, 0.717) is 0 Å². The van der Waals surface area contributed by atoms with Gasteiger partial charge in [0, 0.05) is 28.0 Å². The number of aliphatic hydroxyl groups is 1. The van der Waals surface area contributed by atoms with Crippen molar-refractivity contribution in [2.75, 3.05) is 0 Å². The lowest BCUT2D eigenvalue weighted by atomic mass is 10.1. The van der Waals surface area contributed by atoms with Crippen LogP contribution in [0.4, 0.5) is 0 Å². The number of fused-ring (bicyclic) bond motifs is 3. The van der Waals surface area contributed by atoms with Crippen molar-refractivity contribution < 1.29 is 5.11 Å². The zero-order valence-electron chi connectivity index (χ0n) is 8.07. The molecule has 3 aromatic rings. The summed E-state index contributed by atoms with van der Waals surface area (Å²) >= 11 is 0. The van der Waals surface area contributed by atoms with Gasteiger partial charge in [0.1, 0.15) is 0 Å². The van der Waals surface area contributed by atoms with Crippen LogP contribution in [0.25, 0.3) is 21.8 Å². The molecule has 0 bridgehead atoms. The van der Waals surface area contributed by atoms with Gasteiger partial charge in [-0.2, -0.15) is 0 Å². The molecule has 0 aliphatic rings. The number of hydrogen-bond acceptors (Lipinski definition) is 2. The van der Waals surface area contributed by atoms with Gasteiger partial charge < -0.3 is 10.1 Å². The molecule has 2 heterocycles. The van der Waals surface area contributed by atoms with Crippen LogP contribution in [0, 0.1) is 0 Å². The summed E-state index contributed by atoms with van der Waals surface area (Å²) in [7, 11) is 0. The van der Waals surface area contributed by atoms with E-state index in [0.717, 1.165) is 27.4 Å². The van der Waals surface area contributed by atoms with Gasteiger partial charge in [-0.25, -0.2) is 0 Å². The summed E-state index contributed by atoms with van der Waals surface area (Å²) in [4.78, 5) is 7.37. The van der Waals surface area contributed by atoms with Gasteiger partial charge in [0.2, 0.25) is 0 Å². The number of hydrogen-bond donors (Lipinski definition) is 2. The number of aromatic amines is 1. The summed E-state index contributed by atoms with van der Waals surface area (Å²) in [6.45, 7) is 0.0200. The molecule has 0 fully saturated rings. The van der Waals surface area contributed by atoms with Crippen molar-refractivity contribution in [1.82, 2.24) is 9.97 Å². The molecule has 0 radical (unpaired) electrons. The second-order valence-electron chi connectivity index (χ2n) is 3.55. The summed E-state index contributed by atoms with van der Waals surface area (Å²) < 4.78 is 0. The Kier molecular flexibility index (Phi) is 1.73. The summed E-state index contributed by atoms with van der Waals surface area (Å²) in [6, 6.07) is 8.06. The van der Waals surface area contributed by atoms with E-state index in [9.17, 15) is 5.11 Å². The molecule has 2 N–H and O–H groups in total. The van der Waals surface area contributed by atoms with Gasteiger partial charge in [0.15, 0.2) is 0 Å². The summed E-state index contributed by atoms with van der Waals surface area (Å²) in [6.07, 6.45) is 3.50. The van der Waals surface area contributed by atoms with Crippen LogP contribution in [0.1, 0.15) is 5.56 Å². The quantitative estimate of drug-likeness (QED) is 0.629. The van der Waals surface area contributed by atoms with Crippen LogP contribution in [0.15, 0.2) is 36.7 Å². The minimum absolute atomic E-state index is 0.0200. The third kappa shape index (κ3) is 1.13. The van der Waals surface area contributed by atoms with Crippen molar-refractivity contribution in [3.63, 3.8) is 0 Å². The highest BCUT2D eigenvalue weighted by Crippen LogP contribution is 2.27. The monoisotopic (exact) mass is 198 g/mol. The molecule has 2 aromatic heterocycles. The van der Waals surface area contributed by atoms with Crippen molar-refractivity contribution >= 4 is 21.8 Å². The highest BCUT2D eigenvalue weighted by molar-refractivity contribution is 6.08. The highest BCUT2D eigenvalue weighted by Gasteiger charge is 2.07. The van der Waals surface area contributed by atoms with Gasteiger partial charge in [-0.1, -0.05) is 18.2 Å². The van der Waals surface area contributed by atoms with Gasteiger partial charge in [-0.15, -0.1) is 0 Å². The first-order valence-electron chi connectivity index (χ1n) is 4.84. The molecule has 0 spiro atoms. The number of nitrogens with one attached hydrogen (secondary N) is 1. The Morgan fingerprint density at radius 3 is 2.87 bits per heavy atom. The predicted molar refractivity (Wildman–Crippen MR) is 59.5 cm³/mol. The number of H-pyrrole nitrogens is 1. The average Bonchev–Trinajstić information content (AvgIpc) is 2.67. The highest BCUT2D eigenvalue weighted by atomic mass is 16.3. The maximum atomic E-state index is 9.26. The number of benzene rings is 1. The molecule has 0 saturated carbocycles. The molecule has 0 aliphatic heterocycles. The average molecular weight is 198 g/mol. The maximum Gasteiger partial charge on any atom is 0.0703 e. The van der Waals surface area contributed by atoms with Gasteiger partial charge in [-0.05, 0) is 6.07 Å². The molecule has 3 heteroatoms. The second-order valence-corrected chi connectivity index (χ2v) is 3.55. The predicted octanol–water partition coefficient (Wildman–Crippen LogP) is 2.21. The number of pyridine rings is 1. The molecular weight excluding hydrogens is 188 g/mol. The van der Waals surface area contributed by atoms with Crippen molar-refractivity contribution in [3.05, 3.63) is 42.2 Å². The number of aromatic nitrogens is 2. The first-order valence-corrected chi connectivity index (χ1v) is 4.84. The molecule has 0 aliphatic carbocycles. The van der Waals surface area contributed by atoms with Crippen molar-refractivity contribution in [2.24, 2.45) is 0 Å². The first kappa shape index (κ1) is 8.44. The van der Waals surface area contributed by atoms with Crippen molar-refractivity contribution in [2.45, 2.75) is 6.61 Å². The van der Waals surface area contributed by atoms with Crippen LogP contribution >= 0.6 is 0 Å². The third-order valence-corrected chi connectivity index (χ3v) is 2.66. The van der Waals surface area contributed by atoms with Crippen LogP contribution in [0.2, 0.25) is 0 Å². The van der Waals surface area contributed by atoms with Crippen LogP contribution in [-0.2, 0) is 6.61 Å². The van der Waals surface area contributed by atoms with Crippen LogP contribution in [0.3, 0.4) is 0 Å². The Labute approximate surface area is 86.4 Å². The largest absolute Gasteiger partial charge is 0.392 e. The summed E-state index contributed by atoms with van der Waals surface area (Å²) in [5.74, 6) is 0. The van der Waals surface area contributed by atoms with E-state index in [-0.39, 0.29) is 6.61 Å². The molecule has 1 aromatic carbocycles. The van der Waals surface area contributed by atoms with E-state index >= 15 is 0 Å². The number of aliphatic hydroxyl groups excluding tert-OH is 1. The number of nitrogens with zero attached hydrogens (tertiary/aromatic N) is 1. The van der Waals surface area contributed by atoms with Crippen molar-refractivity contribution in [1.29, 1.82) is 0 Å². The lowest BCUT2D eigenvalue weighted by molar-refractivity contribution is 0.283. The zero-order valence-corrected chi connectivity index (χ0v) is 8.07. The molecular formula is C12H10N2O. The molecule has 0 atom stereocenters. The fraction of sp³-hybridized carbons (Fsp3) is 0.0833. The molecule has 74 valence electrons. The zero-order chi connectivity index (χ0) is 10.3. The Morgan fingerprint density at radius 2 is 2.00 bits per heavy atom. The third-order valence-electron chi connectivity index (χ3n) is 2.66.